The summed E-state index contributed by atoms with van der Waals surface area (Å²) in [7, 11) is -2.05. The van der Waals surface area contributed by atoms with Crippen molar-refractivity contribution < 1.29 is 22.7 Å². The third kappa shape index (κ3) is 9.89. The monoisotopic (exact) mass is 643 g/mol. The number of carbonyl (C=O) groups excluding carboxylic acids is 2. The van der Waals surface area contributed by atoms with Crippen LogP contribution in [0.5, 0.6) is 5.75 Å². The topological polar surface area (TPSA) is 96.0 Å². The number of halogens is 1. The van der Waals surface area contributed by atoms with E-state index in [1.165, 1.54) is 4.31 Å². The zero-order chi connectivity index (χ0) is 30.0. The molecule has 10 heteroatoms. The number of methoxy groups -OCH3 is 1. The first-order chi connectivity index (χ1) is 19.5. The van der Waals surface area contributed by atoms with Gasteiger partial charge in [-0.25, -0.2) is 8.42 Å². The zero-order valence-corrected chi connectivity index (χ0v) is 26.3. The van der Waals surface area contributed by atoms with Gasteiger partial charge < -0.3 is 15.0 Å². The summed E-state index contributed by atoms with van der Waals surface area (Å²) in [6, 6.07) is 23.1. The Bertz CT molecular complexity index is 1380. The molecule has 0 radical (unpaired) electrons. The Kier molecular flexibility index (Phi) is 11.8. The second kappa shape index (κ2) is 15.0. The van der Waals surface area contributed by atoms with Crippen molar-refractivity contribution in [2.24, 2.45) is 0 Å². The predicted molar refractivity (Wildman–Crippen MR) is 166 cm³/mol. The highest BCUT2D eigenvalue weighted by molar-refractivity contribution is 9.10. The van der Waals surface area contributed by atoms with E-state index in [0.717, 1.165) is 21.9 Å². The van der Waals surface area contributed by atoms with E-state index in [2.05, 4.69) is 21.2 Å². The van der Waals surface area contributed by atoms with Gasteiger partial charge in [0.1, 0.15) is 11.8 Å². The summed E-state index contributed by atoms with van der Waals surface area (Å²) < 4.78 is 32.6. The van der Waals surface area contributed by atoms with Crippen LogP contribution >= 0.6 is 15.9 Å². The number of sulfonamides is 1. The average Bonchev–Trinajstić information content (AvgIpc) is 2.93. The van der Waals surface area contributed by atoms with Gasteiger partial charge in [0.05, 0.1) is 19.1 Å². The fourth-order valence-electron chi connectivity index (χ4n) is 4.47. The molecule has 1 unspecified atom stereocenters. The maximum atomic E-state index is 13.8. The van der Waals surface area contributed by atoms with Crippen LogP contribution in [-0.4, -0.2) is 57.1 Å². The van der Waals surface area contributed by atoms with Crippen LogP contribution in [0.3, 0.4) is 0 Å². The van der Waals surface area contributed by atoms with Crippen molar-refractivity contribution in [3.63, 3.8) is 0 Å². The zero-order valence-electron chi connectivity index (χ0n) is 23.9. The van der Waals surface area contributed by atoms with Crippen LogP contribution in [0.15, 0.2) is 83.3 Å². The first-order valence-corrected chi connectivity index (χ1v) is 16.1. The molecule has 0 aliphatic carbocycles. The average molecular weight is 645 g/mol. The summed E-state index contributed by atoms with van der Waals surface area (Å²) in [6.45, 7) is 4.13. The van der Waals surface area contributed by atoms with Crippen LogP contribution in [0.25, 0.3) is 0 Å². The van der Waals surface area contributed by atoms with E-state index in [4.69, 9.17) is 4.74 Å². The minimum absolute atomic E-state index is 0.0684. The minimum atomic E-state index is -3.59. The normalized spacial score (nSPS) is 12.0. The standard InChI is InChI=1S/C31H38BrN3O5S/c1-23(2)33-31(37)29(21-24-9-6-5-7-10-24)34(22-25-12-14-26(32)15-13-25)30(36)11-8-20-35(41(4,38)39)27-16-18-28(40-3)19-17-27/h5-7,9-10,12-19,23,29H,8,11,20-22H2,1-4H3,(H,33,37). The van der Waals surface area contributed by atoms with E-state index >= 15 is 0 Å². The van der Waals surface area contributed by atoms with Crippen molar-refractivity contribution in [2.45, 2.75) is 51.7 Å². The van der Waals surface area contributed by atoms with Crippen molar-refractivity contribution >= 4 is 43.5 Å². The predicted octanol–water partition coefficient (Wildman–Crippen LogP) is 5.17. The second-order valence-electron chi connectivity index (χ2n) is 10.2. The molecule has 2 amide bonds. The molecule has 8 nitrogen and oxygen atoms in total. The number of anilines is 1. The summed E-state index contributed by atoms with van der Waals surface area (Å²) in [5.74, 6) is 0.159. The Labute approximate surface area is 251 Å². The van der Waals surface area contributed by atoms with E-state index in [1.54, 1.807) is 36.3 Å². The van der Waals surface area contributed by atoms with E-state index < -0.39 is 16.1 Å². The molecule has 0 saturated heterocycles. The van der Waals surface area contributed by atoms with Crippen LogP contribution in [0, 0.1) is 0 Å². The van der Waals surface area contributed by atoms with Crippen molar-refractivity contribution in [1.82, 2.24) is 10.2 Å². The third-order valence-electron chi connectivity index (χ3n) is 6.48. The van der Waals surface area contributed by atoms with Crippen LogP contribution in [0.2, 0.25) is 0 Å². The number of benzene rings is 3. The molecule has 0 aliphatic heterocycles. The Morgan fingerprint density at radius 3 is 2.12 bits per heavy atom. The van der Waals surface area contributed by atoms with E-state index in [9.17, 15) is 18.0 Å². The Morgan fingerprint density at radius 1 is 0.927 bits per heavy atom. The molecular formula is C31H38BrN3O5S. The molecule has 220 valence electrons. The highest BCUT2D eigenvalue weighted by atomic mass is 79.9. The lowest BCUT2D eigenvalue weighted by Crippen LogP contribution is -2.51. The molecule has 1 atom stereocenters. The molecule has 1 N–H and O–H groups in total. The van der Waals surface area contributed by atoms with Crippen molar-refractivity contribution in [3.8, 4) is 5.75 Å². The molecule has 0 bridgehead atoms. The molecule has 41 heavy (non-hydrogen) atoms. The lowest BCUT2D eigenvalue weighted by molar-refractivity contribution is -0.141. The molecule has 0 heterocycles. The number of hydrogen-bond acceptors (Lipinski definition) is 5. The Balaban J connectivity index is 1.86. The summed E-state index contributed by atoms with van der Waals surface area (Å²) >= 11 is 3.45. The molecule has 0 aliphatic rings. The van der Waals surface area contributed by atoms with Crippen molar-refractivity contribution in [1.29, 1.82) is 0 Å². The van der Waals surface area contributed by atoms with Crippen molar-refractivity contribution in [3.05, 3.63) is 94.5 Å². The summed E-state index contributed by atoms with van der Waals surface area (Å²) in [6.07, 6.45) is 1.84. The molecule has 0 spiro atoms. The van der Waals surface area contributed by atoms with Gasteiger partial charge in [-0.3, -0.25) is 13.9 Å². The van der Waals surface area contributed by atoms with Crippen molar-refractivity contribution in [2.75, 3.05) is 24.2 Å². The molecule has 0 aromatic heterocycles. The summed E-state index contributed by atoms with van der Waals surface area (Å²) in [4.78, 5) is 28.9. The highest BCUT2D eigenvalue weighted by Crippen LogP contribution is 2.23. The first kappa shape index (κ1) is 32.1. The van der Waals surface area contributed by atoms with Gasteiger partial charge in [-0.1, -0.05) is 58.4 Å². The lowest BCUT2D eigenvalue weighted by atomic mass is 10.0. The number of rotatable bonds is 14. The molecule has 3 aromatic carbocycles. The van der Waals surface area contributed by atoms with Gasteiger partial charge in [0.2, 0.25) is 21.8 Å². The van der Waals surface area contributed by atoms with Gasteiger partial charge in [0, 0.05) is 36.4 Å². The smallest absolute Gasteiger partial charge is 0.243 e. The van der Waals surface area contributed by atoms with E-state index in [0.29, 0.717) is 17.9 Å². The number of ether oxygens (including phenoxy) is 1. The summed E-state index contributed by atoms with van der Waals surface area (Å²) in [5, 5.41) is 2.98. The maximum absolute atomic E-state index is 13.8. The second-order valence-corrected chi connectivity index (χ2v) is 13.0. The number of hydrogen-bond donors (Lipinski definition) is 1. The van der Waals surface area contributed by atoms with Gasteiger partial charge in [-0.2, -0.15) is 0 Å². The first-order valence-electron chi connectivity index (χ1n) is 13.5. The molecule has 3 rings (SSSR count). The molecule has 0 saturated carbocycles. The Morgan fingerprint density at radius 2 is 1.56 bits per heavy atom. The Hall–Kier alpha value is -3.37. The van der Waals surface area contributed by atoms with E-state index in [1.807, 2.05) is 68.4 Å². The number of amides is 2. The molecule has 3 aromatic rings. The van der Waals surface area contributed by atoms with Gasteiger partial charge in [0.15, 0.2) is 0 Å². The number of nitrogens with one attached hydrogen (secondary N) is 1. The van der Waals surface area contributed by atoms with Gasteiger partial charge in [-0.15, -0.1) is 0 Å². The maximum Gasteiger partial charge on any atom is 0.243 e. The minimum Gasteiger partial charge on any atom is -0.497 e. The van der Waals surface area contributed by atoms with Crippen LogP contribution in [-0.2, 0) is 32.6 Å². The van der Waals surface area contributed by atoms with Crippen LogP contribution < -0.4 is 14.4 Å². The fourth-order valence-corrected chi connectivity index (χ4v) is 5.70. The number of nitrogens with zero attached hydrogens (tertiary/aromatic N) is 2. The van der Waals surface area contributed by atoms with Gasteiger partial charge >= 0.3 is 0 Å². The third-order valence-corrected chi connectivity index (χ3v) is 8.20. The lowest BCUT2D eigenvalue weighted by Gasteiger charge is -2.32. The SMILES string of the molecule is COc1ccc(N(CCCC(=O)N(Cc2ccc(Br)cc2)C(Cc2ccccc2)C(=O)NC(C)C)S(C)(=O)=O)cc1. The summed E-state index contributed by atoms with van der Waals surface area (Å²) in [5.41, 5.74) is 2.31. The largest absolute Gasteiger partial charge is 0.497 e. The highest BCUT2D eigenvalue weighted by Gasteiger charge is 2.31. The van der Waals surface area contributed by atoms with Crippen LogP contribution in [0.4, 0.5) is 5.69 Å². The molecule has 0 fully saturated rings. The van der Waals surface area contributed by atoms with Gasteiger partial charge in [0.25, 0.3) is 0 Å². The van der Waals surface area contributed by atoms with Crippen LogP contribution in [0.1, 0.15) is 37.8 Å². The fraction of sp³-hybridized carbons (Fsp3) is 0.355. The quantitative estimate of drug-likeness (QED) is 0.262. The molecular weight excluding hydrogens is 606 g/mol. The van der Waals surface area contributed by atoms with Gasteiger partial charge in [-0.05, 0) is 67.8 Å². The number of carbonyl (C=O) groups is 2. The van der Waals surface area contributed by atoms with E-state index in [-0.39, 0.29) is 43.8 Å².